The molecule has 9 heteroatoms. The van der Waals surface area contributed by atoms with Crippen molar-refractivity contribution in [1.82, 2.24) is 9.97 Å². The Morgan fingerprint density at radius 1 is 1.05 bits per heavy atom. The van der Waals surface area contributed by atoms with Crippen molar-refractivity contribution < 1.29 is 17.2 Å². The molecule has 2 aromatic rings. The molecular weight excluding hydrogens is 306 g/mol. The van der Waals surface area contributed by atoms with Gasteiger partial charge in [0, 0.05) is 0 Å². The summed E-state index contributed by atoms with van der Waals surface area (Å²) in [5, 5.41) is 0. The van der Waals surface area contributed by atoms with E-state index in [-0.39, 0.29) is 0 Å². The first-order valence-corrected chi connectivity index (χ1v) is 7.38. The molecule has 0 unspecified atom stereocenters. The molecule has 6 nitrogen and oxygen atoms in total. The molecule has 0 radical (unpaired) electrons. The number of H-pyrrole nitrogens is 2. The molecule has 0 atom stereocenters. The third kappa shape index (κ3) is 3.24. The van der Waals surface area contributed by atoms with Crippen LogP contribution in [0.1, 0.15) is 17.7 Å². The minimum absolute atomic E-state index is 0.336. The molecule has 21 heavy (non-hydrogen) atoms. The summed E-state index contributed by atoms with van der Waals surface area (Å²) in [6.45, 7) is 0. The standard InChI is InChI=1S/C12H10F2N2O4S/c13-10(14)8-9(11(17)16-12(18)15-8)21(19,20)6-7-4-2-1-3-5-7/h1-5,10H,6H2,(H2,15,16,17,18). The summed E-state index contributed by atoms with van der Waals surface area (Å²) in [7, 11) is -4.33. The van der Waals surface area contributed by atoms with Gasteiger partial charge in [-0.2, -0.15) is 0 Å². The van der Waals surface area contributed by atoms with E-state index in [0.29, 0.717) is 5.56 Å². The monoisotopic (exact) mass is 316 g/mol. The average Bonchev–Trinajstić information content (AvgIpc) is 2.37. The first-order valence-electron chi connectivity index (χ1n) is 5.72. The van der Waals surface area contributed by atoms with Crippen molar-refractivity contribution in [3.63, 3.8) is 0 Å². The zero-order valence-electron chi connectivity index (χ0n) is 10.5. The molecule has 1 aromatic carbocycles. The fraction of sp³-hybridized carbons (Fsp3) is 0.167. The minimum atomic E-state index is -4.33. The number of aromatic amines is 2. The van der Waals surface area contributed by atoms with Crippen LogP contribution in [0.2, 0.25) is 0 Å². The quantitative estimate of drug-likeness (QED) is 0.878. The Balaban J connectivity index is 2.60. The largest absolute Gasteiger partial charge is 0.326 e. The van der Waals surface area contributed by atoms with E-state index >= 15 is 0 Å². The van der Waals surface area contributed by atoms with Crippen LogP contribution < -0.4 is 11.2 Å². The topological polar surface area (TPSA) is 99.9 Å². The maximum atomic E-state index is 12.9. The fourth-order valence-electron chi connectivity index (χ4n) is 1.82. The first-order chi connectivity index (χ1) is 9.81. The maximum Gasteiger partial charge on any atom is 0.326 e. The zero-order chi connectivity index (χ0) is 15.6. The molecular formula is C12H10F2N2O4S. The van der Waals surface area contributed by atoms with Gasteiger partial charge in [-0.1, -0.05) is 30.3 Å². The van der Waals surface area contributed by atoms with Crippen LogP contribution in [-0.4, -0.2) is 18.4 Å². The van der Waals surface area contributed by atoms with Crippen LogP contribution in [0.4, 0.5) is 8.78 Å². The lowest BCUT2D eigenvalue weighted by molar-refractivity contribution is 0.141. The van der Waals surface area contributed by atoms with Crippen LogP contribution in [0.5, 0.6) is 0 Å². The van der Waals surface area contributed by atoms with Crippen molar-refractivity contribution in [1.29, 1.82) is 0 Å². The number of hydrogen-bond donors (Lipinski definition) is 2. The number of halogens is 2. The van der Waals surface area contributed by atoms with E-state index in [1.54, 1.807) is 28.2 Å². The Bertz CT molecular complexity index is 857. The van der Waals surface area contributed by atoms with Crippen molar-refractivity contribution >= 4 is 9.84 Å². The van der Waals surface area contributed by atoms with Gasteiger partial charge in [0.1, 0.15) is 5.69 Å². The van der Waals surface area contributed by atoms with Gasteiger partial charge in [-0.05, 0) is 5.56 Å². The summed E-state index contributed by atoms with van der Waals surface area (Å²) >= 11 is 0. The Morgan fingerprint density at radius 2 is 1.67 bits per heavy atom. The molecule has 0 aliphatic rings. The Labute approximate surface area is 117 Å². The van der Waals surface area contributed by atoms with Gasteiger partial charge in [-0.3, -0.25) is 9.78 Å². The maximum absolute atomic E-state index is 12.9. The van der Waals surface area contributed by atoms with Gasteiger partial charge in [0.15, 0.2) is 14.7 Å². The molecule has 0 saturated carbocycles. The molecule has 1 heterocycles. The number of aromatic nitrogens is 2. The van der Waals surface area contributed by atoms with Crippen LogP contribution in [-0.2, 0) is 15.6 Å². The lowest BCUT2D eigenvalue weighted by Crippen LogP contribution is -2.30. The molecule has 0 spiro atoms. The highest BCUT2D eigenvalue weighted by molar-refractivity contribution is 7.90. The molecule has 2 N–H and O–H groups in total. The second-order valence-corrected chi connectivity index (χ2v) is 6.12. The molecule has 0 saturated heterocycles. The number of nitrogens with one attached hydrogen (secondary N) is 2. The van der Waals surface area contributed by atoms with Gasteiger partial charge in [0.2, 0.25) is 0 Å². The Morgan fingerprint density at radius 3 is 2.24 bits per heavy atom. The van der Waals surface area contributed by atoms with Crippen LogP contribution >= 0.6 is 0 Å². The molecule has 112 valence electrons. The van der Waals surface area contributed by atoms with Crippen LogP contribution in [0, 0.1) is 0 Å². The van der Waals surface area contributed by atoms with E-state index in [4.69, 9.17) is 0 Å². The molecule has 0 bridgehead atoms. The van der Waals surface area contributed by atoms with Crippen molar-refractivity contribution in [2.75, 3.05) is 0 Å². The molecule has 1 aromatic heterocycles. The van der Waals surface area contributed by atoms with Crippen LogP contribution in [0.25, 0.3) is 0 Å². The number of hydrogen-bond acceptors (Lipinski definition) is 4. The summed E-state index contributed by atoms with van der Waals surface area (Å²) in [6.07, 6.45) is -3.29. The Hall–Kier alpha value is -2.29. The summed E-state index contributed by atoms with van der Waals surface area (Å²) in [5.74, 6) is -0.622. The summed E-state index contributed by atoms with van der Waals surface area (Å²) in [4.78, 5) is 24.8. The van der Waals surface area contributed by atoms with E-state index < -0.39 is 43.9 Å². The molecule has 0 aliphatic carbocycles. The number of sulfone groups is 1. The lowest BCUT2D eigenvalue weighted by Gasteiger charge is -2.08. The molecule has 0 fully saturated rings. The lowest BCUT2D eigenvalue weighted by atomic mass is 10.2. The predicted octanol–water partition coefficient (Wildman–Crippen LogP) is 0.975. The average molecular weight is 316 g/mol. The third-order valence-electron chi connectivity index (χ3n) is 2.65. The van der Waals surface area contributed by atoms with Gasteiger partial charge < -0.3 is 4.98 Å². The van der Waals surface area contributed by atoms with E-state index in [0.717, 1.165) is 0 Å². The van der Waals surface area contributed by atoms with E-state index in [1.807, 2.05) is 0 Å². The number of rotatable bonds is 4. The van der Waals surface area contributed by atoms with E-state index in [9.17, 15) is 26.8 Å². The van der Waals surface area contributed by atoms with Crippen molar-refractivity contribution in [2.45, 2.75) is 17.1 Å². The SMILES string of the molecule is O=c1[nH]c(C(F)F)c(S(=O)(=O)Cc2ccccc2)c(=O)[nH]1. The first kappa shape index (κ1) is 15.1. The van der Waals surface area contributed by atoms with Crippen LogP contribution in [0.3, 0.4) is 0 Å². The second kappa shape index (κ2) is 5.60. The third-order valence-corrected chi connectivity index (χ3v) is 4.40. The van der Waals surface area contributed by atoms with Crippen molar-refractivity contribution in [3.8, 4) is 0 Å². The second-order valence-electron chi connectivity index (χ2n) is 4.20. The van der Waals surface area contributed by atoms with E-state index in [1.165, 1.54) is 12.1 Å². The minimum Gasteiger partial charge on any atom is -0.305 e. The number of alkyl halides is 2. The van der Waals surface area contributed by atoms with Crippen LogP contribution in [0.15, 0.2) is 44.8 Å². The van der Waals surface area contributed by atoms with Gasteiger partial charge in [0.25, 0.3) is 12.0 Å². The van der Waals surface area contributed by atoms with Crippen molar-refractivity contribution in [3.05, 3.63) is 62.4 Å². The summed E-state index contributed by atoms with van der Waals surface area (Å²) in [5.41, 5.74) is -3.40. The summed E-state index contributed by atoms with van der Waals surface area (Å²) in [6, 6.07) is 7.79. The number of benzene rings is 1. The highest BCUT2D eigenvalue weighted by atomic mass is 32.2. The van der Waals surface area contributed by atoms with Gasteiger partial charge in [0.05, 0.1) is 5.75 Å². The normalized spacial score (nSPS) is 11.8. The smallest absolute Gasteiger partial charge is 0.305 e. The van der Waals surface area contributed by atoms with E-state index in [2.05, 4.69) is 0 Å². The Kier molecular flexibility index (Phi) is 4.03. The highest BCUT2D eigenvalue weighted by Crippen LogP contribution is 2.23. The predicted molar refractivity (Wildman–Crippen MR) is 70.0 cm³/mol. The summed E-state index contributed by atoms with van der Waals surface area (Å²) < 4.78 is 50.1. The van der Waals surface area contributed by atoms with Gasteiger partial charge >= 0.3 is 5.69 Å². The van der Waals surface area contributed by atoms with Gasteiger partial charge in [-0.15, -0.1) is 0 Å². The zero-order valence-corrected chi connectivity index (χ0v) is 11.3. The van der Waals surface area contributed by atoms with Crippen molar-refractivity contribution in [2.24, 2.45) is 0 Å². The van der Waals surface area contributed by atoms with Gasteiger partial charge in [-0.25, -0.2) is 22.0 Å². The molecule has 0 aliphatic heterocycles. The highest BCUT2D eigenvalue weighted by Gasteiger charge is 2.28. The fourth-order valence-corrected chi connectivity index (χ4v) is 3.41. The molecule has 0 amide bonds. The molecule has 2 rings (SSSR count).